The molecule has 1 heterocycles. The molecule has 34 heavy (non-hydrogen) atoms. The van der Waals surface area contributed by atoms with Crippen LogP contribution >= 0.6 is 23.2 Å². The number of H-pyrrole nitrogens is 1. The van der Waals surface area contributed by atoms with Gasteiger partial charge in [0.05, 0.1) is 22.0 Å². The molecule has 0 saturated carbocycles. The standard InChI is InChI=1S/C29H30Cl2N2O/c1-28(2,3)17-15-20(26(34)21(16-17)29(4,5)6)27-32-24(18-11-7-9-13-22(18)30)25(33-27)19-12-8-10-14-23(19)31/h7-16,34H,1-6H3,(H,32,33). The number of halogens is 2. The topological polar surface area (TPSA) is 48.9 Å². The van der Waals surface area contributed by atoms with Crippen molar-refractivity contribution in [2.24, 2.45) is 0 Å². The summed E-state index contributed by atoms with van der Waals surface area (Å²) in [4.78, 5) is 8.44. The zero-order valence-corrected chi connectivity index (χ0v) is 21.9. The molecule has 3 aromatic carbocycles. The first-order valence-electron chi connectivity index (χ1n) is 11.4. The van der Waals surface area contributed by atoms with E-state index in [4.69, 9.17) is 28.2 Å². The molecule has 1 aromatic heterocycles. The van der Waals surface area contributed by atoms with Gasteiger partial charge in [0.25, 0.3) is 0 Å². The van der Waals surface area contributed by atoms with Crippen molar-refractivity contribution in [2.45, 2.75) is 52.4 Å². The lowest BCUT2D eigenvalue weighted by atomic mass is 9.79. The molecule has 2 N–H and O–H groups in total. The summed E-state index contributed by atoms with van der Waals surface area (Å²) >= 11 is 13.2. The van der Waals surface area contributed by atoms with Gasteiger partial charge in [0.2, 0.25) is 0 Å². The first-order chi connectivity index (χ1) is 15.9. The third-order valence-electron chi connectivity index (χ3n) is 6.02. The van der Waals surface area contributed by atoms with E-state index in [2.05, 4.69) is 52.6 Å². The van der Waals surface area contributed by atoms with Gasteiger partial charge in [-0.25, -0.2) is 4.98 Å². The molecule has 4 rings (SSSR count). The normalized spacial score (nSPS) is 12.2. The highest BCUT2D eigenvalue weighted by Gasteiger charge is 2.27. The van der Waals surface area contributed by atoms with Crippen LogP contribution in [0, 0.1) is 0 Å². The Morgan fingerprint density at radius 2 is 1.29 bits per heavy atom. The minimum atomic E-state index is -0.246. The van der Waals surface area contributed by atoms with Gasteiger partial charge in [-0.05, 0) is 34.6 Å². The maximum atomic E-state index is 11.4. The molecule has 0 fully saturated rings. The van der Waals surface area contributed by atoms with Crippen molar-refractivity contribution in [3.05, 3.63) is 81.8 Å². The van der Waals surface area contributed by atoms with E-state index < -0.39 is 0 Å². The molecule has 0 aliphatic rings. The van der Waals surface area contributed by atoms with Crippen molar-refractivity contribution in [3.63, 3.8) is 0 Å². The van der Waals surface area contributed by atoms with Crippen LogP contribution in [0.1, 0.15) is 52.7 Å². The van der Waals surface area contributed by atoms with Crippen molar-refractivity contribution >= 4 is 23.2 Å². The Balaban J connectivity index is 2.05. The molecular formula is C29H30Cl2N2O. The predicted molar refractivity (Wildman–Crippen MR) is 144 cm³/mol. The summed E-state index contributed by atoms with van der Waals surface area (Å²) in [5, 5.41) is 12.6. The highest BCUT2D eigenvalue weighted by atomic mass is 35.5. The maximum Gasteiger partial charge on any atom is 0.142 e. The van der Waals surface area contributed by atoms with Gasteiger partial charge in [0.1, 0.15) is 11.6 Å². The van der Waals surface area contributed by atoms with E-state index in [1.165, 1.54) is 0 Å². The average molecular weight is 493 g/mol. The number of aromatic amines is 1. The van der Waals surface area contributed by atoms with Gasteiger partial charge in [0, 0.05) is 21.7 Å². The number of benzene rings is 3. The van der Waals surface area contributed by atoms with Crippen molar-refractivity contribution in [1.82, 2.24) is 9.97 Å². The highest BCUT2D eigenvalue weighted by Crippen LogP contribution is 2.44. The van der Waals surface area contributed by atoms with Crippen molar-refractivity contribution in [3.8, 4) is 39.7 Å². The SMILES string of the molecule is CC(C)(C)c1cc(-c2nc(-c3ccccc3Cl)c(-c3ccccc3Cl)[nH]2)c(O)c(C(C)(C)C)c1. The van der Waals surface area contributed by atoms with Crippen LogP contribution in [0.15, 0.2) is 60.7 Å². The molecule has 0 bridgehead atoms. The van der Waals surface area contributed by atoms with E-state index in [1.54, 1.807) is 0 Å². The van der Waals surface area contributed by atoms with Crippen LogP contribution in [-0.4, -0.2) is 15.1 Å². The summed E-state index contributed by atoms with van der Waals surface area (Å²) in [6, 6.07) is 19.4. The first-order valence-corrected chi connectivity index (χ1v) is 12.1. The minimum Gasteiger partial charge on any atom is -0.507 e. The van der Waals surface area contributed by atoms with E-state index in [1.807, 2.05) is 54.6 Å². The Bertz CT molecular complexity index is 1290. The Morgan fingerprint density at radius 3 is 1.82 bits per heavy atom. The fraction of sp³-hybridized carbons (Fsp3) is 0.276. The molecule has 0 radical (unpaired) electrons. The molecule has 0 aliphatic carbocycles. The van der Waals surface area contributed by atoms with Crippen LogP contribution in [0.2, 0.25) is 10.0 Å². The summed E-state index contributed by atoms with van der Waals surface area (Å²) in [7, 11) is 0. The van der Waals surface area contributed by atoms with Crippen molar-refractivity contribution < 1.29 is 5.11 Å². The lowest BCUT2D eigenvalue weighted by molar-refractivity contribution is 0.446. The molecule has 0 aliphatic heterocycles. The van der Waals surface area contributed by atoms with Crippen LogP contribution in [0.3, 0.4) is 0 Å². The summed E-state index contributed by atoms with van der Waals surface area (Å²) in [6.45, 7) is 12.8. The van der Waals surface area contributed by atoms with Gasteiger partial charge in [-0.1, -0.05) is 107 Å². The number of nitrogens with zero attached hydrogens (tertiary/aromatic N) is 1. The molecule has 0 atom stereocenters. The number of nitrogens with one attached hydrogen (secondary N) is 1. The largest absolute Gasteiger partial charge is 0.507 e. The van der Waals surface area contributed by atoms with E-state index in [0.717, 1.165) is 27.9 Å². The molecular weight excluding hydrogens is 463 g/mol. The smallest absolute Gasteiger partial charge is 0.142 e. The molecule has 0 saturated heterocycles. The highest BCUT2D eigenvalue weighted by molar-refractivity contribution is 6.34. The number of rotatable bonds is 3. The fourth-order valence-corrected chi connectivity index (χ4v) is 4.48. The number of phenolic OH excluding ortho intramolecular Hbond substituents is 1. The molecule has 3 nitrogen and oxygen atoms in total. The lowest BCUT2D eigenvalue weighted by Gasteiger charge is -2.27. The van der Waals surface area contributed by atoms with Gasteiger partial charge in [-0.2, -0.15) is 0 Å². The molecule has 176 valence electrons. The van der Waals surface area contributed by atoms with Crippen LogP contribution in [0.25, 0.3) is 33.9 Å². The van der Waals surface area contributed by atoms with Gasteiger partial charge in [-0.15, -0.1) is 0 Å². The van der Waals surface area contributed by atoms with Crippen LogP contribution in [0.4, 0.5) is 0 Å². The molecule has 0 amide bonds. The third kappa shape index (κ3) is 4.60. The van der Waals surface area contributed by atoms with E-state index in [0.29, 0.717) is 27.1 Å². The molecule has 4 aromatic rings. The number of hydrogen-bond acceptors (Lipinski definition) is 2. The van der Waals surface area contributed by atoms with Gasteiger partial charge >= 0.3 is 0 Å². The first kappa shape index (κ1) is 24.4. The van der Waals surface area contributed by atoms with Crippen LogP contribution in [-0.2, 0) is 10.8 Å². The summed E-state index contributed by atoms with van der Waals surface area (Å²) < 4.78 is 0. The van der Waals surface area contributed by atoms with E-state index in [9.17, 15) is 5.11 Å². The number of phenols is 1. The summed E-state index contributed by atoms with van der Waals surface area (Å²) in [5.41, 5.74) is 5.37. The summed E-state index contributed by atoms with van der Waals surface area (Å²) in [6.07, 6.45) is 0. The quantitative estimate of drug-likeness (QED) is 0.299. The summed E-state index contributed by atoms with van der Waals surface area (Å²) in [5.74, 6) is 0.796. The fourth-order valence-electron chi connectivity index (χ4n) is 4.03. The second-order valence-corrected chi connectivity index (χ2v) is 11.5. The van der Waals surface area contributed by atoms with Crippen molar-refractivity contribution in [1.29, 1.82) is 0 Å². The Kier molecular flexibility index (Phi) is 6.30. The van der Waals surface area contributed by atoms with Crippen molar-refractivity contribution in [2.75, 3.05) is 0 Å². The Labute approximate surface area is 211 Å². The molecule has 0 unspecified atom stereocenters. The number of aromatic hydroxyl groups is 1. The number of hydrogen-bond donors (Lipinski definition) is 2. The number of imidazole rings is 1. The van der Waals surface area contributed by atoms with Gasteiger partial charge < -0.3 is 10.1 Å². The third-order valence-corrected chi connectivity index (χ3v) is 6.67. The van der Waals surface area contributed by atoms with E-state index >= 15 is 0 Å². The Hall–Kier alpha value is -2.75. The van der Waals surface area contributed by atoms with Crippen LogP contribution in [0.5, 0.6) is 5.75 Å². The van der Waals surface area contributed by atoms with Gasteiger partial charge in [-0.3, -0.25) is 0 Å². The zero-order valence-electron chi connectivity index (χ0n) is 20.4. The second kappa shape index (κ2) is 8.79. The molecule has 0 spiro atoms. The second-order valence-electron chi connectivity index (χ2n) is 10.7. The average Bonchev–Trinajstić information content (AvgIpc) is 3.17. The minimum absolute atomic E-state index is 0.105. The molecule has 5 heteroatoms. The van der Waals surface area contributed by atoms with E-state index in [-0.39, 0.29) is 16.6 Å². The van der Waals surface area contributed by atoms with Crippen LogP contribution < -0.4 is 0 Å². The monoisotopic (exact) mass is 492 g/mol. The number of aromatic nitrogens is 2. The maximum absolute atomic E-state index is 11.4. The Morgan fingerprint density at radius 1 is 0.735 bits per heavy atom. The zero-order chi connectivity index (χ0) is 24.8. The lowest BCUT2D eigenvalue weighted by Crippen LogP contribution is -2.17. The predicted octanol–water partition coefficient (Wildman–Crippen LogP) is 9.02. The van der Waals surface area contributed by atoms with Gasteiger partial charge in [0.15, 0.2) is 0 Å².